The smallest absolute Gasteiger partial charge is 0.455 e. The maximum Gasteiger partial charge on any atom is 0.455 e. The van der Waals surface area contributed by atoms with Gasteiger partial charge in [0.05, 0.1) is 30.7 Å². The molecule has 2 fully saturated rings. The number of fused-ring (bicyclic) bond motifs is 3. The lowest BCUT2D eigenvalue weighted by Crippen LogP contribution is -2.46. The molecular formula is C32H37BN2O7. The zero-order valence-corrected chi connectivity index (χ0v) is 24.7. The molecule has 0 saturated carbocycles. The Morgan fingerprint density at radius 3 is 2.52 bits per heavy atom. The predicted molar refractivity (Wildman–Crippen MR) is 158 cm³/mol. The first-order valence-electron chi connectivity index (χ1n) is 14.5. The van der Waals surface area contributed by atoms with E-state index in [4.69, 9.17) is 9.39 Å². The van der Waals surface area contributed by atoms with Crippen LogP contribution in [0.1, 0.15) is 55.5 Å². The number of aryl methyl sites for hydroxylation is 2. The number of hydrogen-bond donors (Lipinski definition) is 2. The lowest BCUT2D eigenvalue weighted by molar-refractivity contribution is -0.137. The molecule has 4 atom stereocenters. The minimum Gasteiger partial charge on any atom is -0.507 e. The van der Waals surface area contributed by atoms with Crippen LogP contribution in [0.25, 0.3) is 11.6 Å². The minimum atomic E-state index is -1.12. The molecule has 3 amide bonds. The highest BCUT2D eigenvalue weighted by molar-refractivity contribution is 6.43. The standard InChI is InChI=1S/C32H37BN2O7/c1-17(2)22-15-23-28(31(38)35(30(23)37)32(39)41-5)24-16-33(40)42-26(27(22)24)10-9-21(25-8-6-7-11-34-25)14-20-12-18(3)29(36)19(4)13-20/h6-8,11-14,17,23-24,26,28,36,40H,9-10,15-16H2,1-5H3/b21-14-/t23-,24+,26-,28-/m1/s1. The topological polar surface area (TPSA) is 126 Å². The largest absolute Gasteiger partial charge is 0.507 e. The summed E-state index contributed by atoms with van der Waals surface area (Å²) in [5.41, 5.74) is 6.27. The summed E-state index contributed by atoms with van der Waals surface area (Å²) in [6.45, 7) is 7.83. The van der Waals surface area contributed by atoms with E-state index in [1.54, 1.807) is 6.20 Å². The maximum atomic E-state index is 13.5. The Kier molecular flexibility index (Phi) is 8.39. The number of likely N-dealkylation sites (tertiary alicyclic amines) is 1. The molecule has 2 aromatic rings. The molecule has 0 spiro atoms. The van der Waals surface area contributed by atoms with Gasteiger partial charge in [0.15, 0.2) is 0 Å². The molecule has 5 rings (SSSR count). The number of nitrogens with zero attached hydrogens (tertiary/aromatic N) is 2. The number of phenolic OH excluding ortho intramolecular Hbond substituents is 1. The van der Waals surface area contributed by atoms with Crippen LogP contribution < -0.4 is 0 Å². The van der Waals surface area contributed by atoms with Gasteiger partial charge in [0.1, 0.15) is 5.75 Å². The van der Waals surface area contributed by atoms with E-state index in [0.29, 0.717) is 24.2 Å². The third kappa shape index (κ3) is 5.41. The van der Waals surface area contributed by atoms with E-state index >= 15 is 0 Å². The first-order valence-corrected chi connectivity index (χ1v) is 14.5. The molecule has 9 nitrogen and oxygen atoms in total. The summed E-state index contributed by atoms with van der Waals surface area (Å²) < 4.78 is 10.9. The normalized spacial score (nSPS) is 24.3. The zero-order chi connectivity index (χ0) is 30.3. The number of imide groups is 3. The second-order valence-corrected chi connectivity index (χ2v) is 11.8. The number of hydrogen-bond acceptors (Lipinski definition) is 8. The first-order chi connectivity index (χ1) is 20.0. The third-order valence-electron chi connectivity index (χ3n) is 8.82. The van der Waals surface area contributed by atoms with Crippen molar-refractivity contribution < 1.29 is 33.9 Å². The average Bonchev–Trinajstić information content (AvgIpc) is 3.22. The van der Waals surface area contributed by atoms with E-state index in [0.717, 1.165) is 46.2 Å². The second kappa shape index (κ2) is 11.9. The van der Waals surface area contributed by atoms with Crippen molar-refractivity contribution in [3.8, 4) is 5.75 Å². The summed E-state index contributed by atoms with van der Waals surface area (Å²) in [7, 11) is 0.0335. The number of carbonyl (C=O) groups excluding carboxylic acids is 3. The number of ether oxygens (including phenoxy) is 1. The molecule has 10 heteroatoms. The second-order valence-electron chi connectivity index (χ2n) is 11.8. The highest BCUT2D eigenvalue weighted by atomic mass is 16.5. The predicted octanol–water partition coefficient (Wildman–Crippen LogP) is 4.94. The first kappa shape index (κ1) is 29.7. The van der Waals surface area contributed by atoms with Crippen LogP contribution in [0, 0.1) is 37.5 Å². The Morgan fingerprint density at radius 2 is 1.90 bits per heavy atom. The third-order valence-corrected chi connectivity index (χ3v) is 8.82. The number of methoxy groups -OCH3 is 1. The van der Waals surface area contributed by atoms with Crippen LogP contribution in [0.3, 0.4) is 0 Å². The molecule has 0 unspecified atom stereocenters. The average molecular weight is 572 g/mol. The summed E-state index contributed by atoms with van der Waals surface area (Å²) in [5.74, 6) is -2.59. The molecule has 3 heterocycles. The number of rotatable bonds is 6. The van der Waals surface area contributed by atoms with Gasteiger partial charge in [0, 0.05) is 6.20 Å². The summed E-state index contributed by atoms with van der Waals surface area (Å²) in [5, 5.41) is 21.1. The molecule has 1 aromatic heterocycles. The van der Waals surface area contributed by atoms with E-state index < -0.39 is 48.9 Å². The molecular weight excluding hydrogens is 535 g/mol. The molecule has 1 aliphatic carbocycles. The van der Waals surface area contributed by atoms with Crippen LogP contribution in [0.15, 0.2) is 47.7 Å². The number of aromatic nitrogens is 1. The minimum absolute atomic E-state index is 0.0774. The van der Waals surface area contributed by atoms with Gasteiger partial charge in [-0.05, 0) is 109 Å². The lowest BCUT2D eigenvalue weighted by Gasteiger charge is -2.44. The SMILES string of the molecule is COC(=O)N1C(=O)[C@@H]2[C@@H](CC(C(C)C)=C3[C@@H](CC/C(=C/c4cc(C)c(O)c(C)c4)c4ccccn4)OB(O)C[C@@H]32)C1=O. The molecule has 2 N–H and O–H groups in total. The number of carbonyl (C=O) groups is 3. The van der Waals surface area contributed by atoms with Crippen LogP contribution in [0.4, 0.5) is 4.79 Å². The Balaban J connectivity index is 1.50. The lowest BCUT2D eigenvalue weighted by atomic mass is 9.57. The van der Waals surface area contributed by atoms with Crippen molar-refractivity contribution in [2.75, 3.05) is 7.11 Å². The molecule has 42 heavy (non-hydrogen) atoms. The number of phenols is 1. The van der Waals surface area contributed by atoms with E-state index in [-0.39, 0.29) is 18.0 Å². The quantitative estimate of drug-likeness (QED) is 0.283. The van der Waals surface area contributed by atoms with Crippen LogP contribution in [-0.2, 0) is 19.0 Å². The molecule has 3 aliphatic rings. The van der Waals surface area contributed by atoms with Crippen molar-refractivity contribution >= 4 is 36.7 Å². The van der Waals surface area contributed by atoms with Gasteiger partial charge >= 0.3 is 13.2 Å². The highest BCUT2D eigenvalue weighted by Gasteiger charge is 2.59. The maximum absolute atomic E-state index is 13.5. The van der Waals surface area contributed by atoms with E-state index in [1.807, 2.05) is 44.2 Å². The number of allylic oxidation sites excluding steroid dienone is 2. The van der Waals surface area contributed by atoms with Gasteiger partial charge in [0.2, 0.25) is 11.8 Å². The number of benzene rings is 1. The Labute approximate surface area is 246 Å². The molecule has 0 bridgehead atoms. The zero-order valence-electron chi connectivity index (χ0n) is 24.7. The van der Waals surface area contributed by atoms with E-state index in [1.165, 1.54) is 0 Å². The van der Waals surface area contributed by atoms with Crippen molar-refractivity contribution in [1.82, 2.24) is 9.88 Å². The Bertz CT molecular complexity index is 1450. The molecule has 220 valence electrons. The fraction of sp³-hybridized carbons (Fsp3) is 0.438. The van der Waals surface area contributed by atoms with Gasteiger partial charge in [0.25, 0.3) is 0 Å². The van der Waals surface area contributed by atoms with Crippen LogP contribution in [-0.4, -0.2) is 58.3 Å². The highest BCUT2D eigenvalue weighted by Crippen LogP contribution is 2.52. The Hall–Kier alpha value is -3.76. The van der Waals surface area contributed by atoms with Crippen LogP contribution in [0.5, 0.6) is 5.75 Å². The van der Waals surface area contributed by atoms with E-state index in [2.05, 4.69) is 24.9 Å². The van der Waals surface area contributed by atoms with Crippen molar-refractivity contribution in [2.24, 2.45) is 23.7 Å². The van der Waals surface area contributed by atoms with Gasteiger partial charge in [-0.15, -0.1) is 0 Å². The number of aromatic hydroxyl groups is 1. The van der Waals surface area contributed by atoms with Crippen LogP contribution >= 0.6 is 0 Å². The fourth-order valence-electron chi connectivity index (χ4n) is 6.91. The van der Waals surface area contributed by atoms with Gasteiger partial charge in [-0.1, -0.05) is 25.5 Å². The van der Waals surface area contributed by atoms with Gasteiger partial charge in [-0.25, -0.2) is 4.79 Å². The van der Waals surface area contributed by atoms with Crippen molar-refractivity contribution in [2.45, 2.75) is 59.4 Å². The van der Waals surface area contributed by atoms with Gasteiger partial charge < -0.3 is 19.5 Å². The van der Waals surface area contributed by atoms with Crippen LogP contribution in [0.2, 0.25) is 6.32 Å². The van der Waals surface area contributed by atoms with Crippen molar-refractivity contribution in [3.63, 3.8) is 0 Å². The molecule has 0 radical (unpaired) electrons. The summed E-state index contributed by atoms with van der Waals surface area (Å²) in [4.78, 5) is 44.3. The van der Waals surface area contributed by atoms with Gasteiger partial charge in [-0.3, -0.25) is 14.6 Å². The van der Waals surface area contributed by atoms with Gasteiger partial charge in [-0.2, -0.15) is 4.90 Å². The Morgan fingerprint density at radius 1 is 1.19 bits per heavy atom. The monoisotopic (exact) mass is 572 g/mol. The molecule has 2 saturated heterocycles. The summed E-state index contributed by atoms with van der Waals surface area (Å²) in [6.07, 6.45) is 3.94. The van der Waals surface area contributed by atoms with E-state index in [9.17, 15) is 24.5 Å². The fourth-order valence-corrected chi connectivity index (χ4v) is 6.91. The number of pyridine rings is 1. The molecule has 2 aliphatic heterocycles. The van der Waals surface area contributed by atoms with Crippen molar-refractivity contribution in [3.05, 3.63) is 70.1 Å². The summed E-state index contributed by atoms with van der Waals surface area (Å²) >= 11 is 0. The summed E-state index contributed by atoms with van der Waals surface area (Å²) in [6, 6.07) is 9.59. The molecule has 1 aromatic carbocycles. The number of amides is 3. The van der Waals surface area contributed by atoms with Crippen molar-refractivity contribution in [1.29, 1.82) is 0 Å².